The van der Waals surface area contributed by atoms with Gasteiger partial charge in [-0.15, -0.1) is 0 Å². The van der Waals surface area contributed by atoms with Crippen LogP contribution in [0.4, 0.5) is 4.79 Å². The van der Waals surface area contributed by atoms with Crippen molar-refractivity contribution in [2.45, 2.75) is 39.8 Å². The Balaban J connectivity index is 2.52. The van der Waals surface area contributed by atoms with Crippen LogP contribution in [0.25, 0.3) is 0 Å². The molecule has 0 aliphatic carbocycles. The van der Waals surface area contributed by atoms with E-state index in [1.807, 2.05) is 52.0 Å². The summed E-state index contributed by atoms with van der Waals surface area (Å²) in [4.78, 5) is 23.0. The van der Waals surface area contributed by atoms with E-state index in [9.17, 15) is 9.59 Å². The number of hydrogen-bond donors (Lipinski definition) is 3. The first kappa shape index (κ1) is 17.8. The maximum Gasteiger partial charge on any atom is 0.315 e. The van der Waals surface area contributed by atoms with Gasteiger partial charge in [0.2, 0.25) is 5.91 Å². The average molecular weight is 307 g/mol. The van der Waals surface area contributed by atoms with Gasteiger partial charge in [0.05, 0.1) is 18.7 Å². The van der Waals surface area contributed by atoms with E-state index in [4.69, 9.17) is 4.74 Å². The van der Waals surface area contributed by atoms with E-state index >= 15 is 0 Å². The van der Waals surface area contributed by atoms with E-state index in [1.54, 1.807) is 0 Å². The number of rotatable bonds is 7. The fourth-order valence-corrected chi connectivity index (χ4v) is 1.88. The summed E-state index contributed by atoms with van der Waals surface area (Å²) < 4.78 is 5.63. The van der Waals surface area contributed by atoms with Crippen LogP contribution in [0.15, 0.2) is 24.3 Å². The maximum absolute atomic E-state index is 11.8. The van der Waals surface area contributed by atoms with Crippen LogP contribution in [-0.2, 0) is 4.79 Å². The number of carbonyl (C=O) groups excluding carboxylic acids is 2. The van der Waals surface area contributed by atoms with Crippen LogP contribution < -0.4 is 20.7 Å². The van der Waals surface area contributed by atoms with E-state index in [0.29, 0.717) is 6.54 Å². The van der Waals surface area contributed by atoms with E-state index in [1.165, 1.54) is 0 Å². The molecule has 22 heavy (non-hydrogen) atoms. The fourth-order valence-electron chi connectivity index (χ4n) is 1.88. The molecule has 122 valence electrons. The molecule has 3 amide bonds. The molecular weight excluding hydrogens is 282 g/mol. The minimum absolute atomic E-state index is 0.0388. The Morgan fingerprint density at radius 2 is 1.91 bits per heavy atom. The van der Waals surface area contributed by atoms with E-state index in [0.717, 1.165) is 11.3 Å². The van der Waals surface area contributed by atoms with Crippen LogP contribution in [0.5, 0.6) is 5.75 Å². The van der Waals surface area contributed by atoms with E-state index < -0.39 is 0 Å². The molecule has 1 aromatic carbocycles. The number of hydrogen-bond acceptors (Lipinski definition) is 3. The molecule has 0 fully saturated rings. The summed E-state index contributed by atoms with van der Waals surface area (Å²) in [5, 5.41) is 7.92. The highest BCUT2D eigenvalue weighted by atomic mass is 16.5. The number of nitrogens with one attached hydrogen (secondary N) is 3. The molecule has 1 aromatic rings. The zero-order chi connectivity index (χ0) is 16.5. The topological polar surface area (TPSA) is 79.5 Å². The Labute approximate surface area is 131 Å². The molecule has 0 radical (unpaired) electrons. The first-order valence-electron chi connectivity index (χ1n) is 7.50. The highest BCUT2D eigenvalue weighted by Gasteiger charge is 2.11. The third-order valence-electron chi connectivity index (χ3n) is 2.86. The van der Waals surface area contributed by atoms with Gasteiger partial charge < -0.3 is 20.7 Å². The third-order valence-corrected chi connectivity index (χ3v) is 2.86. The van der Waals surface area contributed by atoms with Crippen molar-refractivity contribution >= 4 is 11.9 Å². The van der Waals surface area contributed by atoms with Gasteiger partial charge in [0, 0.05) is 6.54 Å². The van der Waals surface area contributed by atoms with Gasteiger partial charge in [-0.05, 0) is 45.4 Å². The van der Waals surface area contributed by atoms with Gasteiger partial charge in [0.1, 0.15) is 5.75 Å². The Kier molecular flexibility index (Phi) is 7.22. The van der Waals surface area contributed by atoms with Crippen molar-refractivity contribution in [2.75, 3.05) is 13.1 Å². The van der Waals surface area contributed by atoms with Gasteiger partial charge in [-0.25, -0.2) is 4.79 Å². The quantitative estimate of drug-likeness (QED) is 0.720. The molecule has 0 aliphatic heterocycles. The van der Waals surface area contributed by atoms with Crippen LogP contribution in [0.3, 0.4) is 0 Å². The number of carbonyl (C=O) groups is 2. The second kappa shape index (κ2) is 8.92. The summed E-state index contributed by atoms with van der Waals surface area (Å²) in [6.07, 6.45) is 0.0962. The molecule has 0 aromatic heterocycles. The molecule has 0 spiro atoms. The second-order valence-corrected chi connectivity index (χ2v) is 5.24. The zero-order valence-corrected chi connectivity index (χ0v) is 13.6. The smallest absolute Gasteiger partial charge is 0.315 e. The molecule has 6 nitrogen and oxygen atoms in total. The van der Waals surface area contributed by atoms with Crippen LogP contribution in [0.1, 0.15) is 39.3 Å². The summed E-state index contributed by atoms with van der Waals surface area (Å²) in [6, 6.07) is 7.01. The number of benzene rings is 1. The molecule has 1 unspecified atom stereocenters. The van der Waals surface area contributed by atoms with Gasteiger partial charge >= 0.3 is 6.03 Å². The summed E-state index contributed by atoms with van der Waals surface area (Å²) in [6.45, 7) is 8.13. The average Bonchev–Trinajstić information content (AvgIpc) is 2.45. The summed E-state index contributed by atoms with van der Waals surface area (Å²) >= 11 is 0. The summed E-state index contributed by atoms with van der Waals surface area (Å²) in [5.41, 5.74) is 0.936. The molecule has 1 atom stereocenters. The minimum atomic E-state index is -0.381. The Hall–Kier alpha value is -2.24. The first-order chi connectivity index (χ1) is 10.4. The predicted octanol–water partition coefficient (Wildman–Crippen LogP) is 1.97. The lowest BCUT2D eigenvalue weighted by Gasteiger charge is -2.17. The monoisotopic (exact) mass is 307 g/mol. The van der Waals surface area contributed by atoms with Crippen molar-refractivity contribution in [3.63, 3.8) is 0 Å². The van der Waals surface area contributed by atoms with Crippen molar-refractivity contribution in [2.24, 2.45) is 0 Å². The highest BCUT2D eigenvalue weighted by molar-refractivity contribution is 5.83. The fraction of sp³-hybridized carbons (Fsp3) is 0.500. The molecule has 0 saturated carbocycles. The standard InChI is InChI=1S/C16H25N3O3/c1-5-17-15(20)10-18-16(21)19-12(4)13-7-6-8-14(9-13)22-11(2)3/h6-9,11-12H,5,10H2,1-4H3,(H,17,20)(H2,18,19,21). The molecule has 0 saturated heterocycles. The van der Waals surface area contributed by atoms with Gasteiger partial charge in [-0.1, -0.05) is 12.1 Å². The molecule has 0 bridgehead atoms. The molecule has 3 N–H and O–H groups in total. The lowest BCUT2D eigenvalue weighted by molar-refractivity contribution is -0.119. The lowest BCUT2D eigenvalue weighted by atomic mass is 10.1. The number of amides is 3. The van der Waals surface area contributed by atoms with Crippen LogP contribution >= 0.6 is 0 Å². The lowest BCUT2D eigenvalue weighted by Crippen LogP contribution is -2.42. The van der Waals surface area contributed by atoms with E-state index in [2.05, 4.69) is 16.0 Å². The predicted molar refractivity (Wildman–Crippen MR) is 85.8 cm³/mol. The molecule has 1 rings (SSSR count). The Bertz CT molecular complexity index is 503. The first-order valence-corrected chi connectivity index (χ1v) is 7.50. The minimum Gasteiger partial charge on any atom is -0.491 e. The Morgan fingerprint density at radius 3 is 2.55 bits per heavy atom. The largest absolute Gasteiger partial charge is 0.491 e. The molecule has 0 aliphatic rings. The SMILES string of the molecule is CCNC(=O)CNC(=O)NC(C)c1cccc(OC(C)C)c1. The number of urea groups is 1. The second-order valence-electron chi connectivity index (χ2n) is 5.24. The maximum atomic E-state index is 11.8. The normalized spacial score (nSPS) is 11.7. The van der Waals surface area contributed by atoms with Crippen LogP contribution in [0, 0.1) is 0 Å². The van der Waals surface area contributed by atoms with Crippen molar-refractivity contribution < 1.29 is 14.3 Å². The third kappa shape index (κ3) is 6.47. The van der Waals surface area contributed by atoms with E-state index in [-0.39, 0.29) is 30.6 Å². The summed E-state index contributed by atoms with van der Waals surface area (Å²) in [5.74, 6) is 0.557. The summed E-state index contributed by atoms with van der Waals surface area (Å²) in [7, 11) is 0. The molecule has 6 heteroatoms. The van der Waals surface area contributed by atoms with Gasteiger partial charge in [0.15, 0.2) is 0 Å². The highest BCUT2D eigenvalue weighted by Crippen LogP contribution is 2.19. The van der Waals surface area contributed by atoms with Crippen molar-refractivity contribution in [1.82, 2.24) is 16.0 Å². The number of ether oxygens (including phenoxy) is 1. The van der Waals surface area contributed by atoms with Crippen molar-refractivity contribution in [1.29, 1.82) is 0 Å². The van der Waals surface area contributed by atoms with Gasteiger partial charge in [-0.3, -0.25) is 4.79 Å². The van der Waals surface area contributed by atoms with Crippen LogP contribution in [0.2, 0.25) is 0 Å². The van der Waals surface area contributed by atoms with Crippen LogP contribution in [-0.4, -0.2) is 31.1 Å². The molecule has 0 heterocycles. The van der Waals surface area contributed by atoms with Crippen molar-refractivity contribution in [3.8, 4) is 5.75 Å². The number of likely N-dealkylation sites (N-methyl/N-ethyl adjacent to an activating group) is 1. The van der Waals surface area contributed by atoms with Gasteiger partial charge in [-0.2, -0.15) is 0 Å². The Morgan fingerprint density at radius 1 is 1.18 bits per heavy atom. The van der Waals surface area contributed by atoms with Crippen molar-refractivity contribution in [3.05, 3.63) is 29.8 Å². The zero-order valence-electron chi connectivity index (χ0n) is 13.6. The molecular formula is C16H25N3O3. The van der Waals surface area contributed by atoms with Gasteiger partial charge in [0.25, 0.3) is 0 Å².